The number of carbonyl (C=O) groups excluding carboxylic acids is 1. The van der Waals surface area contributed by atoms with Gasteiger partial charge >= 0.3 is 0 Å². The fourth-order valence-corrected chi connectivity index (χ4v) is 2.55. The van der Waals surface area contributed by atoms with E-state index >= 15 is 0 Å². The average Bonchev–Trinajstić information content (AvgIpc) is 2.98. The highest BCUT2D eigenvalue weighted by Gasteiger charge is 2.54. The lowest BCUT2D eigenvalue weighted by molar-refractivity contribution is -0.134. The fourth-order valence-electron chi connectivity index (χ4n) is 2.55. The first kappa shape index (κ1) is 11.4. The minimum absolute atomic E-state index is 0.0342. The van der Waals surface area contributed by atoms with Crippen LogP contribution in [-0.2, 0) is 4.79 Å². The Morgan fingerprint density at radius 3 is 2.94 bits per heavy atom. The van der Waals surface area contributed by atoms with Crippen LogP contribution in [0.3, 0.4) is 0 Å². The van der Waals surface area contributed by atoms with E-state index in [-0.39, 0.29) is 17.9 Å². The lowest BCUT2D eigenvalue weighted by Gasteiger charge is -2.28. The molecular formula is C12H19N3O. The largest absolute Gasteiger partial charge is 0.325 e. The van der Waals surface area contributed by atoms with Gasteiger partial charge in [-0.05, 0) is 24.2 Å². The summed E-state index contributed by atoms with van der Waals surface area (Å²) in [7, 11) is 0. The number of nitrogens with two attached hydrogens (primary N) is 1. The second kappa shape index (κ2) is 4.06. The number of carbonyl (C=O) groups is 1. The highest BCUT2D eigenvalue weighted by atomic mass is 16.2. The van der Waals surface area contributed by atoms with Crippen LogP contribution in [-0.4, -0.2) is 29.4 Å². The normalized spacial score (nSPS) is 35.1. The molecule has 4 nitrogen and oxygen atoms in total. The Kier molecular flexibility index (Phi) is 2.90. The van der Waals surface area contributed by atoms with Crippen molar-refractivity contribution in [2.75, 3.05) is 6.54 Å². The van der Waals surface area contributed by atoms with Gasteiger partial charge in [-0.1, -0.05) is 20.3 Å². The predicted octanol–water partition coefficient (Wildman–Crippen LogP) is 0.730. The second-order valence-corrected chi connectivity index (χ2v) is 5.14. The van der Waals surface area contributed by atoms with Gasteiger partial charge in [0.05, 0.1) is 12.1 Å². The lowest BCUT2D eigenvalue weighted by Crippen LogP contribution is -2.49. The predicted molar refractivity (Wildman–Crippen MR) is 60.1 cm³/mol. The Labute approximate surface area is 96.4 Å². The zero-order valence-electron chi connectivity index (χ0n) is 9.89. The molecule has 2 rings (SSSR count). The van der Waals surface area contributed by atoms with Gasteiger partial charge in [-0.15, -0.1) is 0 Å². The monoisotopic (exact) mass is 221 g/mol. The second-order valence-electron chi connectivity index (χ2n) is 5.14. The quantitative estimate of drug-likeness (QED) is 0.763. The van der Waals surface area contributed by atoms with E-state index in [1.807, 2.05) is 13.8 Å². The van der Waals surface area contributed by atoms with Crippen molar-refractivity contribution in [2.45, 2.75) is 38.8 Å². The molecule has 0 spiro atoms. The Bertz CT molecular complexity index is 336. The van der Waals surface area contributed by atoms with E-state index in [2.05, 4.69) is 6.07 Å². The number of hydrogen-bond acceptors (Lipinski definition) is 3. The number of piperidine rings is 1. The summed E-state index contributed by atoms with van der Waals surface area (Å²) < 4.78 is 0. The van der Waals surface area contributed by atoms with E-state index in [0.717, 1.165) is 19.4 Å². The maximum absolute atomic E-state index is 12.1. The molecule has 2 aliphatic rings. The van der Waals surface area contributed by atoms with Gasteiger partial charge in [0.2, 0.25) is 5.91 Å². The summed E-state index contributed by atoms with van der Waals surface area (Å²) in [5.74, 6) is 1.15. The lowest BCUT2D eigenvalue weighted by atomic mass is 9.98. The summed E-state index contributed by atoms with van der Waals surface area (Å²) in [6.45, 7) is 4.76. The van der Waals surface area contributed by atoms with Gasteiger partial charge in [0.15, 0.2) is 0 Å². The number of hydrogen-bond donors (Lipinski definition) is 1. The van der Waals surface area contributed by atoms with Crippen LogP contribution in [0, 0.1) is 29.1 Å². The summed E-state index contributed by atoms with van der Waals surface area (Å²) in [6.07, 6.45) is 2.01. The van der Waals surface area contributed by atoms with Gasteiger partial charge in [-0.25, -0.2) is 0 Å². The minimum atomic E-state index is -0.446. The third kappa shape index (κ3) is 1.69. The molecule has 1 saturated carbocycles. The first-order valence-electron chi connectivity index (χ1n) is 6.05. The molecule has 1 heterocycles. The van der Waals surface area contributed by atoms with Crippen molar-refractivity contribution in [1.29, 1.82) is 5.26 Å². The summed E-state index contributed by atoms with van der Waals surface area (Å²) in [5, 5.41) is 9.08. The number of rotatable bonds is 3. The average molecular weight is 221 g/mol. The maximum Gasteiger partial charge on any atom is 0.240 e. The van der Waals surface area contributed by atoms with Gasteiger partial charge in [0, 0.05) is 6.54 Å². The molecule has 5 atom stereocenters. The molecule has 1 unspecified atom stereocenters. The van der Waals surface area contributed by atoms with Gasteiger partial charge < -0.3 is 10.6 Å². The molecule has 4 heteroatoms. The molecule has 0 aromatic rings. The molecular weight excluding hydrogens is 202 g/mol. The van der Waals surface area contributed by atoms with Crippen LogP contribution in [0.4, 0.5) is 0 Å². The van der Waals surface area contributed by atoms with Crippen molar-refractivity contribution < 1.29 is 4.79 Å². The van der Waals surface area contributed by atoms with E-state index in [1.165, 1.54) is 0 Å². The topological polar surface area (TPSA) is 70.1 Å². The molecule has 1 saturated heterocycles. The first-order chi connectivity index (χ1) is 7.60. The molecule has 0 aromatic carbocycles. The van der Waals surface area contributed by atoms with Gasteiger partial charge in [-0.3, -0.25) is 4.79 Å². The Morgan fingerprint density at radius 1 is 1.69 bits per heavy atom. The van der Waals surface area contributed by atoms with Gasteiger partial charge in [-0.2, -0.15) is 5.26 Å². The third-order valence-electron chi connectivity index (χ3n) is 4.11. The number of fused-ring (bicyclic) bond motifs is 1. The van der Waals surface area contributed by atoms with Crippen molar-refractivity contribution in [2.24, 2.45) is 23.5 Å². The van der Waals surface area contributed by atoms with Crippen LogP contribution < -0.4 is 5.73 Å². The van der Waals surface area contributed by atoms with E-state index in [9.17, 15) is 4.79 Å². The highest BCUT2D eigenvalue weighted by molar-refractivity contribution is 5.83. The molecule has 88 valence electrons. The molecule has 0 radical (unpaired) electrons. The number of nitriles is 1. The van der Waals surface area contributed by atoms with Crippen molar-refractivity contribution in [3.05, 3.63) is 0 Å². The zero-order chi connectivity index (χ0) is 11.9. The van der Waals surface area contributed by atoms with Gasteiger partial charge in [0.1, 0.15) is 6.04 Å². The van der Waals surface area contributed by atoms with Crippen molar-refractivity contribution >= 4 is 5.91 Å². The summed E-state index contributed by atoms with van der Waals surface area (Å²) in [5.41, 5.74) is 5.93. The van der Waals surface area contributed by atoms with Crippen LogP contribution in [0.25, 0.3) is 0 Å². The summed E-state index contributed by atoms with van der Waals surface area (Å²) in [4.78, 5) is 13.8. The Hall–Kier alpha value is -1.08. The van der Waals surface area contributed by atoms with Crippen molar-refractivity contribution in [3.63, 3.8) is 0 Å². The third-order valence-corrected chi connectivity index (χ3v) is 4.11. The number of amides is 1. The Morgan fingerprint density at radius 2 is 2.38 bits per heavy atom. The molecule has 0 bridgehead atoms. The van der Waals surface area contributed by atoms with Crippen LogP contribution in [0.2, 0.25) is 0 Å². The number of likely N-dealkylation sites (tertiary alicyclic amines) is 1. The molecule has 2 N–H and O–H groups in total. The summed E-state index contributed by atoms with van der Waals surface area (Å²) >= 11 is 0. The van der Waals surface area contributed by atoms with Crippen LogP contribution >= 0.6 is 0 Å². The van der Waals surface area contributed by atoms with Crippen molar-refractivity contribution in [1.82, 2.24) is 4.90 Å². The van der Waals surface area contributed by atoms with E-state index < -0.39 is 6.04 Å². The van der Waals surface area contributed by atoms with Crippen LogP contribution in [0.5, 0.6) is 0 Å². The molecule has 1 aliphatic heterocycles. The molecule has 2 fully saturated rings. The SMILES string of the molecule is CCC(C)[C@H](N)C(=O)N1C[C@H]2C[C@H]2[C@H]1C#N. The first-order valence-corrected chi connectivity index (χ1v) is 6.05. The fraction of sp³-hybridized carbons (Fsp3) is 0.833. The van der Waals surface area contributed by atoms with E-state index in [1.54, 1.807) is 4.90 Å². The maximum atomic E-state index is 12.1. The zero-order valence-corrected chi connectivity index (χ0v) is 9.89. The van der Waals surface area contributed by atoms with E-state index in [0.29, 0.717) is 11.8 Å². The highest BCUT2D eigenvalue weighted by Crippen LogP contribution is 2.49. The molecule has 16 heavy (non-hydrogen) atoms. The molecule has 1 amide bonds. The van der Waals surface area contributed by atoms with Gasteiger partial charge in [0.25, 0.3) is 0 Å². The standard InChI is InChI=1S/C12H19N3O/c1-3-7(2)11(14)12(16)15-6-8-4-9(8)10(15)5-13/h7-11H,3-4,6,14H2,1-2H3/t7?,8-,9-,10-,11+/m1/s1. The molecule has 1 aliphatic carbocycles. The van der Waals surface area contributed by atoms with Crippen molar-refractivity contribution in [3.8, 4) is 6.07 Å². The van der Waals surface area contributed by atoms with Crippen LogP contribution in [0.15, 0.2) is 0 Å². The van der Waals surface area contributed by atoms with Crippen LogP contribution in [0.1, 0.15) is 26.7 Å². The minimum Gasteiger partial charge on any atom is -0.325 e. The summed E-state index contributed by atoms with van der Waals surface area (Å²) in [6, 6.07) is 1.59. The van der Waals surface area contributed by atoms with E-state index in [4.69, 9.17) is 11.0 Å². The molecule has 0 aromatic heterocycles. The Balaban J connectivity index is 2.03. The number of nitrogens with zero attached hydrogens (tertiary/aromatic N) is 2. The smallest absolute Gasteiger partial charge is 0.240 e.